The summed E-state index contributed by atoms with van der Waals surface area (Å²) in [5.74, 6) is 0.162. The first-order valence-corrected chi connectivity index (χ1v) is 11.8. The van der Waals surface area contributed by atoms with Crippen LogP contribution in [0.25, 0.3) is 6.08 Å². The van der Waals surface area contributed by atoms with Crippen molar-refractivity contribution in [3.05, 3.63) is 41.5 Å². The smallest absolute Gasteiger partial charge is 0.312 e. The minimum atomic E-state index is -1.13. The number of rotatable bonds is 7. The van der Waals surface area contributed by atoms with Gasteiger partial charge in [0.1, 0.15) is 10.4 Å². The summed E-state index contributed by atoms with van der Waals surface area (Å²) in [5, 5.41) is 0. The summed E-state index contributed by atoms with van der Waals surface area (Å²) in [6.45, 7) is 11.3. The number of benzene rings is 1. The summed E-state index contributed by atoms with van der Waals surface area (Å²) in [7, 11) is 1.52. The molecule has 5 nitrogen and oxygen atoms in total. The Labute approximate surface area is 195 Å². The fraction of sp³-hybridized carbons (Fsp3) is 0.542. The lowest BCUT2D eigenvalue weighted by atomic mass is 9.96. The van der Waals surface area contributed by atoms with Gasteiger partial charge in [-0.05, 0) is 44.7 Å². The van der Waals surface area contributed by atoms with Crippen LogP contribution in [0.2, 0.25) is 0 Å². The number of thiocarbonyl (C=S) groups is 1. The molecule has 1 aromatic rings. The van der Waals surface area contributed by atoms with E-state index < -0.39 is 23.6 Å². The molecule has 0 unspecified atom stereocenters. The highest BCUT2D eigenvalue weighted by Gasteiger charge is 2.44. The average Bonchev–Trinajstić information content (AvgIpc) is 3.09. The van der Waals surface area contributed by atoms with Crippen molar-refractivity contribution in [2.75, 3.05) is 12.9 Å². The van der Waals surface area contributed by atoms with Gasteiger partial charge in [-0.3, -0.25) is 14.5 Å². The van der Waals surface area contributed by atoms with E-state index in [-0.39, 0.29) is 17.9 Å². The van der Waals surface area contributed by atoms with E-state index >= 15 is 0 Å². The van der Waals surface area contributed by atoms with E-state index in [1.54, 1.807) is 25.7 Å². The molecule has 2 rings (SSSR count). The van der Waals surface area contributed by atoms with Crippen LogP contribution >= 0.6 is 24.0 Å². The molecule has 170 valence electrons. The van der Waals surface area contributed by atoms with Gasteiger partial charge in [-0.2, -0.15) is 0 Å². The monoisotopic (exact) mass is 463 g/mol. The van der Waals surface area contributed by atoms with Gasteiger partial charge in [-0.1, -0.05) is 74.2 Å². The molecule has 3 atom stereocenters. The number of methoxy groups -OCH3 is 1. The number of carbonyl (C=O) groups is 2. The van der Waals surface area contributed by atoms with Crippen LogP contribution < -0.4 is 0 Å². The maximum Gasteiger partial charge on any atom is 0.312 e. The molecule has 1 aliphatic heterocycles. The third-order valence-corrected chi connectivity index (χ3v) is 6.68. The molecule has 31 heavy (non-hydrogen) atoms. The van der Waals surface area contributed by atoms with Crippen molar-refractivity contribution in [2.45, 2.75) is 59.8 Å². The van der Waals surface area contributed by atoms with Crippen LogP contribution in [0.15, 0.2) is 35.9 Å². The number of amides is 1. The molecule has 1 amide bonds. The Balaban J connectivity index is 2.45. The van der Waals surface area contributed by atoms with E-state index in [1.807, 2.05) is 43.3 Å². The van der Waals surface area contributed by atoms with Crippen LogP contribution in [0.5, 0.6) is 0 Å². The van der Waals surface area contributed by atoms with Crippen molar-refractivity contribution < 1.29 is 19.1 Å². The number of carbonyl (C=O) groups excluding carboxylic acids is 2. The van der Waals surface area contributed by atoms with Gasteiger partial charge in [0.2, 0.25) is 6.10 Å². The highest BCUT2D eigenvalue weighted by molar-refractivity contribution is 8.23. The minimum absolute atomic E-state index is 0.0447. The van der Waals surface area contributed by atoms with Crippen LogP contribution in [-0.4, -0.2) is 52.2 Å². The minimum Gasteiger partial charge on any atom is -0.449 e. The number of nitrogens with zero attached hydrogens (tertiary/aromatic N) is 1. The molecule has 7 heteroatoms. The van der Waals surface area contributed by atoms with E-state index in [2.05, 4.69) is 13.8 Å². The van der Waals surface area contributed by atoms with Gasteiger partial charge in [0.25, 0.3) is 5.91 Å². The summed E-state index contributed by atoms with van der Waals surface area (Å²) < 4.78 is 12.1. The second kappa shape index (κ2) is 10.7. The Morgan fingerprint density at radius 3 is 2.32 bits per heavy atom. The van der Waals surface area contributed by atoms with E-state index in [1.165, 1.54) is 18.9 Å². The quantitative estimate of drug-likeness (QED) is 0.421. The SMILES string of the molecule is CO[C@H](/C(C)=C/c1ccccc1)[C@@H](OC(=O)C(C)(C)C)C(=O)N1C(=S)SC[C@@H]1C(C)C. The maximum absolute atomic E-state index is 13.7. The van der Waals surface area contributed by atoms with E-state index in [0.29, 0.717) is 4.32 Å². The Morgan fingerprint density at radius 1 is 1.19 bits per heavy atom. The normalized spacial score (nSPS) is 19.5. The second-order valence-corrected chi connectivity index (χ2v) is 10.8. The van der Waals surface area contributed by atoms with Crippen LogP contribution in [0.1, 0.15) is 47.1 Å². The topological polar surface area (TPSA) is 55.8 Å². The van der Waals surface area contributed by atoms with Gasteiger partial charge >= 0.3 is 5.97 Å². The van der Waals surface area contributed by atoms with Crippen molar-refractivity contribution in [1.29, 1.82) is 0 Å². The lowest BCUT2D eigenvalue weighted by Gasteiger charge is -2.34. The maximum atomic E-state index is 13.7. The molecule has 1 saturated heterocycles. The van der Waals surface area contributed by atoms with Crippen LogP contribution in [0.4, 0.5) is 0 Å². The summed E-state index contributed by atoms with van der Waals surface area (Å²) in [4.78, 5) is 28.1. The summed E-state index contributed by atoms with van der Waals surface area (Å²) in [5.41, 5.74) is 1.00. The van der Waals surface area contributed by atoms with Crippen molar-refractivity contribution in [1.82, 2.24) is 4.90 Å². The number of esters is 1. The number of ether oxygens (including phenoxy) is 2. The van der Waals surface area contributed by atoms with Crippen LogP contribution in [-0.2, 0) is 19.1 Å². The molecule has 0 bridgehead atoms. The van der Waals surface area contributed by atoms with E-state index in [0.717, 1.165) is 16.9 Å². The molecule has 0 saturated carbocycles. The first-order chi connectivity index (χ1) is 14.5. The zero-order valence-electron chi connectivity index (χ0n) is 19.4. The van der Waals surface area contributed by atoms with Crippen molar-refractivity contribution in [3.63, 3.8) is 0 Å². The molecule has 1 heterocycles. The van der Waals surface area contributed by atoms with E-state index in [4.69, 9.17) is 21.7 Å². The van der Waals surface area contributed by atoms with Gasteiger partial charge < -0.3 is 9.47 Å². The lowest BCUT2D eigenvalue weighted by Crippen LogP contribution is -2.53. The molecule has 0 spiro atoms. The van der Waals surface area contributed by atoms with Crippen molar-refractivity contribution >= 4 is 46.3 Å². The fourth-order valence-electron chi connectivity index (χ4n) is 3.29. The predicted molar refractivity (Wildman–Crippen MR) is 131 cm³/mol. The average molecular weight is 464 g/mol. The second-order valence-electron chi connectivity index (χ2n) is 9.13. The molecule has 1 fully saturated rings. The molecular formula is C24H33NO4S2. The summed E-state index contributed by atoms with van der Waals surface area (Å²) in [6, 6.07) is 9.71. The summed E-state index contributed by atoms with van der Waals surface area (Å²) >= 11 is 6.97. The molecule has 0 aliphatic carbocycles. The molecule has 1 aliphatic rings. The number of hydrogen-bond acceptors (Lipinski definition) is 6. The first-order valence-electron chi connectivity index (χ1n) is 10.4. The van der Waals surface area contributed by atoms with Crippen molar-refractivity contribution in [2.24, 2.45) is 11.3 Å². The molecule has 1 aromatic carbocycles. The van der Waals surface area contributed by atoms with Crippen molar-refractivity contribution in [3.8, 4) is 0 Å². The fourth-order valence-corrected chi connectivity index (χ4v) is 4.93. The lowest BCUT2D eigenvalue weighted by molar-refractivity contribution is -0.172. The highest BCUT2D eigenvalue weighted by Crippen LogP contribution is 2.32. The van der Waals surface area contributed by atoms with Crippen LogP contribution in [0.3, 0.4) is 0 Å². The standard InChI is InChI=1S/C24H33NO4S2/c1-15(2)18-14-31-23(30)25(18)21(26)20(29-22(27)24(4,5)6)19(28-7)16(3)13-17-11-9-8-10-12-17/h8-13,15,18-20H,14H2,1-7H3/b16-13+/t18-,19-,20-/m1/s1. The zero-order chi connectivity index (χ0) is 23.3. The summed E-state index contributed by atoms with van der Waals surface area (Å²) in [6.07, 6.45) is 0.0749. The van der Waals surface area contributed by atoms with Gasteiger partial charge in [0.15, 0.2) is 0 Å². The molecular weight excluding hydrogens is 430 g/mol. The van der Waals surface area contributed by atoms with Gasteiger partial charge in [-0.25, -0.2) is 0 Å². The highest BCUT2D eigenvalue weighted by atomic mass is 32.2. The van der Waals surface area contributed by atoms with Crippen LogP contribution in [0, 0.1) is 11.3 Å². The third-order valence-electron chi connectivity index (χ3n) is 5.17. The molecule has 0 radical (unpaired) electrons. The first kappa shape index (κ1) is 25.6. The van der Waals surface area contributed by atoms with Gasteiger partial charge in [0.05, 0.1) is 11.5 Å². The predicted octanol–water partition coefficient (Wildman–Crippen LogP) is 4.95. The Morgan fingerprint density at radius 2 is 1.81 bits per heavy atom. The Kier molecular flexibility index (Phi) is 8.86. The van der Waals surface area contributed by atoms with Gasteiger partial charge in [0, 0.05) is 12.9 Å². The van der Waals surface area contributed by atoms with E-state index in [9.17, 15) is 9.59 Å². The molecule has 0 N–H and O–H groups in total. The zero-order valence-corrected chi connectivity index (χ0v) is 21.0. The Hall–Kier alpha value is -1.70. The largest absolute Gasteiger partial charge is 0.449 e. The third kappa shape index (κ3) is 6.40. The van der Waals surface area contributed by atoms with Gasteiger partial charge in [-0.15, -0.1) is 0 Å². The number of thioether (sulfide) groups is 1. The Bertz CT molecular complexity index is 830. The molecule has 0 aromatic heterocycles. The number of hydrogen-bond donors (Lipinski definition) is 0.